The van der Waals surface area contributed by atoms with Gasteiger partial charge in [0.25, 0.3) is 5.91 Å². The quantitative estimate of drug-likeness (QED) is 0.770. The summed E-state index contributed by atoms with van der Waals surface area (Å²) in [4.78, 5) is 15.8. The number of aliphatic hydroxyl groups is 1. The standard InChI is InChI=1S/C14H21N3O3/c1-16(2)9-11-4-6-17-13(12(11)18)15-8-10(14(17)19)5-7-20-3/h4,6,8,13,15,18H,5,7,9H2,1-3H3. The van der Waals surface area contributed by atoms with Gasteiger partial charge in [-0.3, -0.25) is 9.69 Å². The number of likely N-dealkylation sites (N-methyl/N-ethyl adjacent to an activating group) is 1. The summed E-state index contributed by atoms with van der Waals surface area (Å²) in [5.74, 6) is 0.0918. The number of rotatable bonds is 5. The maximum atomic E-state index is 12.3. The van der Waals surface area contributed by atoms with Gasteiger partial charge in [0.05, 0.1) is 6.61 Å². The molecule has 110 valence electrons. The number of amides is 1. The van der Waals surface area contributed by atoms with E-state index in [-0.39, 0.29) is 11.7 Å². The van der Waals surface area contributed by atoms with Gasteiger partial charge >= 0.3 is 0 Å². The van der Waals surface area contributed by atoms with Crippen LogP contribution in [0.3, 0.4) is 0 Å². The molecule has 2 aliphatic heterocycles. The van der Waals surface area contributed by atoms with Crippen LogP contribution in [0.25, 0.3) is 0 Å². The maximum Gasteiger partial charge on any atom is 0.257 e. The van der Waals surface area contributed by atoms with Crippen molar-refractivity contribution in [1.82, 2.24) is 15.1 Å². The lowest BCUT2D eigenvalue weighted by atomic mass is 10.0. The third-order valence-corrected chi connectivity index (χ3v) is 3.29. The highest BCUT2D eigenvalue weighted by Gasteiger charge is 2.33. The van der Waals surface area contributed by atoms with Crippen LogP contribution in [-0.4, -0.2) is 61.3 Å². The van der Waals surface area contributed by atoms with E-state index < -0.39 is 6.17 Å². The Morgan fingerprint density at radius 1 is 1.50 bits per heavy atom. The Labute approximate surface area is 119 Å². The van der Waals surface area contributed by atoms with Gasteiger partial charge in [0, 0.05) is 43.6 Å². The van der Waals surface area contributed by atoms with Gasteiger partial charge in [-0.15, -0.1) is 0 Å². The number of hydrogen-bond acceptors (Lipinski definition) is 5. The Morgan fingerprint density at radius 2 is 2.25 bits per heavy atom. The second-order valence-electron chi connectivity index (χ2n) is 5.16. The highest BCUT2D eigenvalue weighted by atomic mass is 16.5. The Balaban J connectivity index is 2.17. The number of ether oxygens (including phenoxy) is 1. The summed E-state index contributed by atoms with van der Waals surface area (Å²) >= 11 is 0. The van der Waals surface area contributed by atoms with E-state index in [0.717, 1.165) is 5.57 Å². The zero-order valence-electron chi connectivity index (χ0n) is 12.1. The number of methoxy groups -OCH3 is 1. The summed E-state index contributed by atoms with van der Waals surface area (Å²) in [5.41, 5.74) is 1.46. The minimum absolute atomic E-state index is 0.0995. The molecule has 20 heavy (non-hydrogen) atoms. The molecule has 0 aromatic carbocycles. The molecular formula is C14H21N3O3. The lowest BCUT2D eigenvalue weighted by Crippen LogP contribution is -2.51. The number of hydrogen-bond donors (Lipinski definition) is 2. The summed E-state index contributed by atoms with van der Waals surface area (Å²) in [7, 11) is 5.47. The first kappa shape index (κ1) is 14.6. The smallest absolute Gasteiger partial charge is 0.257 e. The van der Waals surface area contributed by atoms with Crippen LogP contribution in [0.2, 0.25) is 0 Å². The number of aliphatic hydroxyl groups excluding tert-OH is 1. The van der Waals surface area contributed by atoms with Crippen molar-refractivity contribution in [3.63, 3.8) is 0 Å². The van der Waals surface area contributed by atoms with Crippen LogP contribution in [0.1, 0.15) is 6.42 Å². The molecule has 2 N–H and O–H groups in total. The van der Waals surface area contributed by atoms with E-state index in [1.165, 1.54) is 4.90 Å². The van der Waals surface area contributed by atoms with Gasteiger partial charge in [0.1, 0.15) is 5.76 Å². The molecule has 0 aromatic heterocycles. The SMILES string of the molecule is COCCC1=CNC2C(O)=C(CN(C)C)C=CN2C1=O. The molecule has 0 saturated heterocycles. The maximum absolute atomic E-state index is 12.3. The van der Waals surface area contributed by atoms with E-state index in [0.29, 0.717) is 25.1 Å². The Kier molecular flexibility index (Phi) is 4.46. The second kappa shape index (κ2) is 6.11. The lowest BCUT2D eigenvalue weighted by Gasteiger charge is -2.36. The summed E-state index contributed by atoms with van der Waals surface area (Å²) < 4.78 is 4.99. The van der Waals surface area contributed by atoms with Gasteiger partial charge < -0.3 is 20.1 Å². The Hall–Kier alpha value is -1.79. The second-order valence-corrected chi connectivity index (χ2v) is 5.16. The minimum atomic E-state index is -0.506. The fourth-order valence-electron chi connectivity index (χ4n) is 2.27. The van der Waals surface area contributed by atoms with Crippen molar-refractivity contribution in [3.8, 4) is 0 Å². The molecule has 2 rings (SSSR count). The van der Waals surface area contributed by atoms with Gasteiger partial charge in [-0.2, -0.15) is 0 Å². The zero-order valence-corrected chi connectivity index (χ0v) is 12.1. The largest absolute Gasteiger partial charge is 0.508 e. The first-order valence-corrected chi connectivity index (χ1v) is 6.56. The van der Waals surface area contributed by atoms with E-state index in [1.54, 1.807) is 25.6 Å². The molecule has 1 atom stereocenters. The van der Waals surface area contributed by atoms with E-state index in [2.05, 4.69) is 5.32 Å². The third-order valence-electron chi connectivity index (χ3n) is 3.29. The van der Waals surface area contributed by atoms with Gasteiger partial charge in [-0.1, -0.05) is 0 Å². The molecule has 0 radical (unpaired) electrons. The number of carbonyl (C=O) groups excluding carboxylic acids is 1. The normalized spacial score (nSPS) is 22.0. The van der Waals surface area contributed by atoms with Crippen LogP contribution in [0, 0.1) is 0 Å². The monoisotopic (exact) mass is 279 g/mol. The molecule has 2 heterocycles. The average molecular weight is 279 g/mol. The van der Waals surface area contributed by atoms with Gasteiger partial charge in [0.2, 0.25) is 0 Å². The molecule has 2 aliphatic rings. The molecule has 0 aromatic rings. The van der Waals surface area contributed by atoms with Crippen molar-refractivity contribution in [3.05, 3.63) is 35.4 Å². The van der Waals surface area contributed by atoms with Crippen molar-refractivity contribution in [2.24, 2.45) is 0 Å². The molecule has 0 bridgehead atoms. The molecule has 6 nitrogen and oxygen atoms in total. The summed E-state index contributed by atoms with van der Waals surface area (Å²) in [6, 6.07) is 0. The predicted molar refractivity (Wildman–Crippen MR) is 75.7 cm³/mol. The van der Waals surface area contributed by atoms with E-state index in [1.807, 2.05) is 19.0 Å². The number of carbonyl (C=O) groups is 1. The molecule has 1 unspecified atom stereocenters. The zero-order chi connectivity index (χ0) is 14.7. The summed E-state index contributed by atoms with van der Waals surface area (Å²) in [6.45, 7) is 1.12. The van der Waals surface area contributed by atoms with Crippen LogP contribution >= 0.6 is 0 Å². The van der Waals surface area contributed by atoms with Crippen molar-refractivity contribution < 1.29 is 14.6 Å². The number of nitrogens with zero attached hydrogens (tertiary/aromatic N) is 2. The first-order valence-electron chi connectivity index (χ1n) is 6.56. The van der Waals surface area contributed by atoms with Gasteiger partial charge in [0.15, 0.2) is 6.17 Å². The lowest BCUT2D eigenvalue weighted by molar-refractivity contribution is -0.128. The number of fused-ring (bicyclic) bond motifs is 1. The third kappa shape index (κ3) is 2.86. The number of nitrogens with one attached hydrogen (secondary N) is 1. The Morgan fingerprint density at radius 3 is 2.90 bits per heavy atom. The van der Waals surface area contributed by atoms with E-state index in [4.69, 9.17) is 4.74 Å². The van der Waals surface area contributed by atoms with Crippen molar-refractivity contribution >= 4 is 5.91 Å². The highest BCUT2D eigenvalue weighted by molar-refractivity contribution is 5.95. The molecule has 6 heteroatoms. The first-order chi connectivity index (χ1) is 9.54. The average Bonchev–Trinajstić information content (AvgIpc) is 2.41. The van der Waals surface area contributed by atoms with Crippen LogP contribution in [0.5, 0.6) is 0 Å². The predicted octanol–water partition coefficient (Wildman–Crippen LogP) is 0.566. The van der Waals surface area contributed by atoms with Crippen LogP contribution < -0.4 is 5.32 Å². The van der Waals surface area contributed by atoms with Crippen LogP contribution in [0.4, 0.5) is 0 Å². The highest BCUT2D eigenvalue weighted by Crippen LogP contribution is 2.24. The Bertz CT molecular complexity index is 480. The van der Waals surface area contributed by atoms with Crippen molar-refractivity contribution in [1.29, 1.82) is 0 Å². The fourth-order valence-corrected chi connectivity index (χ4v) is 2.27. The van der Waals surface area contributed by atoms with E-state index >= 15 is 0 Å². The van der Waals surface area contributed by atoms with Crippen molar-refractivity contribution in [2.75, 3.05) is 34.4 Å². The van der Waals surface area contributed by atoms with Crippen LogP contribution in [0.15, 0.2) is 35.4 Å². The minimum Gasteiger partial charge on any atom is -0.508 e. The van der Waals surface area contributed by atoms with Gasteiger partial charge in [-0.25, -0.2) is 0 Å². The van der Waals surface area contributed by atoms with Gasteiger partial charge in [-0.05, 0) is 20.2 Å². The molecular weight excluding hydrogens is 258 g/mol. The molecule has 0 spiro atoms. The summed E-state index contributed by atoms with van der Waals surface area (Å²) in [5, 5.41) is 13.4. The molecule has 0 fully saturated rings. The summed E-state index contributed by atoms with van der Waals surface area (Å²) in [6.07, 6.45) is 5.22. The van der Waals surface area contributed by atoms with Crippen LogP contribution in [-0.2, 0) is 9.53 Å². The van der Waals surface area contributed by atoms with E-state index in [9.17, 15) is 9.90 Å². The molecule has 1 amide bonds. The molecule has 0 aliphatic carbocycles. The fraction of sp³-hybridized carbons (Fsp3) is 0.500. The van der Waals surface area contributed by atoms with Crippen molar-refractivity contribution in [2.45, 2.75) is 12.6 Å². The topological polar surface area (TPSA) is 65.0 Å². The molecule has 0 saturated carbocycles.